The van der Waals surface area contributed by atoms with E-state index in [4.69, 9.17) is 0 Å². The largest absolute Gasteiger partial charge is 0.482 e. The zero-order chi connectivity index (χ0) is 17.0. The van der Waals surface area contributed by atoms with Crippen LogP contribution in [0.1, 0.15) is 76.7 Å². The Balaban J connectivity index is 2.09. The van der Waals surface area contributed by atoms with Crippen molar-refractivity contribution in [3.05, 3.63) is 29.8 Å². The molecule has 1 unspecified atom stereocenters. The summed E-state index contributed by atoms with van der Waals surface area (Å²) < 4.78 is 27.2. The van der Waals surface area contributed by atoms with Crippen LogP contribution in [0.2, 0.25) is 0 Å². The molecule has 0 aliphatic carbocycles. The number of quaternary nitrogens is 1. The van der Waals surface area contributed by atoms with Gasteiger partial charge in [0.15, 0.2) is 0 Å². The van der Waals surface area contributed by atoms with Gasteiger partial charge in [-0.05, 0) is 22.6 Å². The Labute approximate surface area is 142 Å². The highest BCUT2D eigenvalue weighted by molar-refractivity contribution is 7.92. The van der Waals surface area contributed by atoms with E-state index in [9.17, 15) is 8.76 Å². The second-order valence-electron chi connectivity index (χ2n) is 6.15. The lowest BCUT2D eigenvalue weighted by Crippen LogP contribution is -2.52. The summed E-state index contributed by atoms with van der Waals surface area (Å²) in [5.74, 6) is 2.97. The number of benzene rings is 1. The lowest BCUT2D eigenvalue weighted by Gasteiger charge is -2.03. The molecule has 3 N–H and O–H groups in total. The molecule has 0 aliphatic heterocycles. The predicted molar refractivity (Wildman–Crippen MR) is 93.0 cm³/mol. The van der Waals surface area contributed by atoms with E-state index in [1.807, 2.05) is 12.1 Å². The minimum Gasteiger partial charge on any atom is -0.158 e. The van der Waals surface area contributed by atoms with Crippen molar-refractivity contribution in [2.24, 2.45) is 0 Å². The number of hydrogen-bond donors (Lipinski definition) is 1. The molecule has 1 aromatic carbocycles. The van der Waals surface area contributed by atoms with Crippen LogP contribution in [0.5, 0.6) is 0 Å². The molecule has 1 aromatic rings. The van der Waals surface area contributed by atoms with Crippen molar-refractivity contribution in [2.75, 3.05) is 0 Å². The summed E-state index contributed by atoms with van der Waals surface area (Å²) in [6.45, 7) is 2.25. The SMILES string of the molecule is CCCCCCCCCCCCc1ccc([S+]([O])(=O)O[NH3+])cc1. The van der Waals surface area contributed by atoms with E-state index in [1.165, 1.54) is 63.4 Å². The maximum absolute atomic E-state index is 11.5. The second-order valence-corrected chi connectivity index (χ2v) is 7.76. The Morgan fingerprint density at radius 3 is 1.83 bits per heavy atom. The minimum absolute atomic E-state index is 0.166. The third kappa shape index (κ3) is 8.61. The van der Waals surface area contributed by atoms with Crippen LogP contribution in [0.25, 0.3) is 0 Å². The van der Waals surface area contributed by atoms with E-state index in [-0.39, 0.29) is 4.90 Å². The highest BCUT2D eigenvalue weighted by Gasteiger charge is 2.36. The van der Waals surface area contributed by atoms with E-state index in [2.05, 4.69) is 17.1 Å². The summed E-state index contributed by atoms with van der Waals surface area (Å²) in [6.07, 6.45) is 14.3. The summed E-state index contributed by atoms with van der Waals surface area (Å²) in [5, 5.41) is 0. The van der Waals surface area contributed by atoms with Crippen LogP contribution < -0.4 is 5.90 Å². The Bertz CT molecular complexity index is 462. The first-order chi connectivity index (χ1) is 11.1. The Hall–Kier alpha value is -0.750. The lowest BCUT2D eigenvalue weighted by atomic mass is 10.0. The summed E-state index contributed by atoms with van der Waals surface area (Å²) in [5.41, 5.74) is 1.17. The van der Waals surface area contributed by atoms with Crippen LogP contribution in [-0.2, 0) is 30.0 Å². The molecule has 131 valence electrons. The molecular formula is C18H32NO3S+2. The summed E-state index contributed by atoms with van der Waals surface area (Å²) in [4.78, 5) is 0.166. The van der Waals surface area contributed by atoms with E-state index in [0.29, 0.717) is 0 Å². The quantitative estimate of drug-likeness (QED) is 0.327. The van der Waals surface area contributed by atoms with Gasteiger partial charge in [-0.3, -0.25) is 0 Å². The van der Waals surface area contributed by atoms with Crippen molar-refractivity contribution < 1.29 is 18.9 Å². The maximum atomic E-state index is 11.5. The van der Waals surface area contributed by atoms with Crippen molar-refractivity contribution in [3.8, 4) is 0 Å². The molecular weight excluding hydrogens is 310 g/mol. The van der Waals surface area contributed by atoms with Gasteiger partial charge in [0.25, 0.3) is 0 Å². The van der Waals surface area contributed by atoms with Gasteiger partial charge in [0, 0.05) is 12.1 Å². The van der Waals surface area contributed by atoms with Crippen molar-refractivity contribution in [3.63, 3.8) is 0 Å². The standard InChI is InChI=1S/C18H32NO3S/c1-2-3-4-5-6-7-8-9-10-11-12-17-13-15-18(16-14-17)23(20,21)22-19/h13-16H,2-12H2,1,19H3/q+2. The molecule has 0 amide bonds. The van der Waals surface area contributed by atoms with E-state index < -0.39 is 10.5 Å². The third-order valence-electron chi connectivity index (χ3n) is 4.19. The summed E-state index contributed by atoms with van der Waals surface area (Å²) >= 11 is 0. The van der Waals surface area contributed by atoms with Crippen molar-refractivity contribution in [1.29, 1.82) is 0 Å². The van der Waals surface area contributed by atoms with E-state index in [1.54, 1.807) is 12.1 Å². The van der Waals surface area contributed by atoms with Gasteiger partial charge in [-0.2, -0.15) is 5.90 Å². The van der Waals surface area contributed by atoms with Crippen LogP contribution in [-0.4, -0.2) is 0 Å². The molecule has 0 bridgehead atoms. The van der Waals surface area contributed by atoms with Gasteiger partial charge in [-0.15, -0.1) is 0 Å². The van der Waals surface area contributed by atoms with Crippen molar-refractivity contribution >= 4 is 10.5 Å². The number of unbranched alkanes of at least 4 members (excludes halogenated alkanes) is 9. The van der Waals surface area contributed by atoms with E-state index in [0.717, 1.165) is 12.8 Å². The summed E-state index contributed by atoms with van der Waals surface area (Å²) in [6, 6.07) is 6.90. The highest BCUT2D eigenvalue weighted by Crippen LogP contribution is 2.18. The van der Waals surface area contributed by atoms with Gasteiger partial charge in [0.2, 0.25) is 4.90 Å². The monoisotopic (exact) mass is 342 g/mol. The molecule has 0 aliphatic rings. The third-order valence-corrected chi connectivity index (χ3v) is 5.35. The highest BCUT2D eigenvalue weighted by atomic mass is 32.3. The van der Waals surface area contributed by atoms with Crippen LogP contribution >= 0.6 is 0 Å². The second kappa shape index (κ2) is 11.7. The molecule has 23 heavy (non-hydrogen) atoms. The van der Waals surface area contributed by atoms with Gasteiger partial charge in [-0.1, -0.05) is 76.8 Å². The molecule has 0 heterocycles. The van der Waals surface area contributed by atoms with Gasteiger partial charge < -0.3 is 0 Å². The first-order valence-electron chi connectivity index (χ1n) is 8.87. The molecule has 5 heteroatoms. The smallest absolute Gasteiger partial charge is 0.158 e. The fourth-order valence-electron chi connectivity index (χ4n) is 2.71. The number of hydrogen-bond acceptors (Lipinski definition) is 2. The van der Waals surface area contributed by atoms with Crippen molar-refractivity contribution in [2.45, 2.75) is 82.4 Å². The molecule has 0 spiro atoms. The van der Waals surface area contributed by atoms with Crippen molar-refractivity contribution in [1.82, 2.24) is 0 Å². The lowest BCUT2D eigenvalue weighted by molar-refractivity contribution is -0.637. The molecule has 4 nitrogen and oxygen atoms in total. The molecule has 1 rings (SSSR count). The Morgan fingerprint density at radius 1 is 0.870 bits per heavy atom. The maximum Gasteiger partial charge on any atom is 0.482 e. The first-order valence-corrected chi connectivity index (χ1v) is 10.3. The van der Waals surface area contributed by atoms with E-state index >= 15 is 0 Å². The molecule has 1 atom stereocenters. The van der Waals surface area contributed by atoms with Crippen LogP contribution in [0.15, 0.2) is 29.2 Å². The number of rotatable bonds is 13. The zero-order valence-electron chi connectivity index (χ0n) is 14.4. The Kier molecular flexibility index (Phi) is 10.4. The van der Waals surface area contributed by atoms with Crippen LogP contribution in [0.4, 0.5) is 0 Å². The molecule has 0 saturated carbocycles. The average Bonchev–Trinajstić information content (AvgIpc) is 2.57. The Morgan fingerprint density at radius 2 is 1.35 bits per heavy atom. The molecule has 0 saturated heterocycles. The van der Waals surface area contributed by atoms with Gasteiger partial charge in [0.1, 0.15) is 0 Å². The number of aryl methyl sites for hydroxylation is 1. The average molecular weight is 343 g/mol. The normalized spacial score (nSPS) is 13.9. The topological polar surface area (TPSA) is 73.8 Å². The molecule has 0 aromatic heterocycles. The first kappa shape index (κ1) is 20.3. The van der Waals surface area contributed by atoms with Gasteiger partial charge in [0.05, 0.1) is 8.84 Å². The fourth-order valence-corrected chi connectivity index (χ4v) is 3.31. The predicted octanol–water partition coefficient (Wildman–Crippen LogP) is 4.44. The fraction of sp³-hybridized carbons (Fsp3) is 0.667. The molecule has 1 radical (unpaired) electrons. The van der Waals surface area contributed by atoms with Crippen LogP contribution in [0.3, 0.4) is 0 Å². The molecule has 0 fully saturated rings. The van der Waals surface area contributed by atoms with Gasteiger partial charge in [-0.25, -0.2) is 0 Å². The van der Waals surface area contributed by atoms with Gasteiger partial charge >= 0.3 is 10.5 Å². The summed E-state index contributed by atoms with van der Waals surface area (Å²) in [7, 11) is -3.67. The zero-order valence-corrected chi connectivity index (χ0v) is 15.2. The van der Waals surface area contributed by atoms with Crippen LogP contribution in [0, 0.1) is 0 Å². The minimum atomic E-state index is -3.67.